The molecule has 6 heteroatoms. The lowest BCUT2D eigenvalue weighted by atomic mass is 10.3. The van der Waals surface area contributed by atoms with Gasteiger partial charge in [0.25, 0.3) is 0 Å². The van der Waals surface area contributed by atoms with Gasteiger partial charge in [-0.25, -0.2) is 4.98 Å². The Morgan fingerprint density at radius 2 is 2.06 bits per heavy atom. The van der Waals surface area contributed by atoms with Crippen molar-refractivity contribution in [2.45, 2.75) is 13.2 Å². The van der Waals surface area contributed by atoms with E-state index in [4.69, 9.17) is 14.6 Å². The quantitative estimate of drug-likeness (QED) is 0.850. The Morgan fingerprint density at radius 3 is 2.72 bits per heavy atom. The Kier molecular flexibility index (Phi) is 3.78. The first kappa shape index (κ1) is 12.4. The summed E-state index contributed by atoms with van der Waals surface area (Å²) in [6.45, 7) is 0.357. The van der Waals surface area contributed by atoms with E-state index in [1.54, 1.807) is 38.9 Å². The molecule has 0 amide bonds. The number of imidazole rings is 1. The van der Waals surface area contributed by atoms with E-state index < -0.39 is 0 Å². The highest BCUT2D eigenvalue weighted by Crippen LogP contribution is 2.29. The van der Waals surface area contributed by atoms with Gasteiger partial charge in [0.1, 0.15) is 18.1 Å². The van der Waals surface area contributed by atoms with E-state index in [9.17, 15) is 0 Å². The highest BCUT2D eigenvalue weighted by atomic mass is 16.5. The van der Waals surface area contributed by atoms with Crippen molar-refractivity contribution in [1.82, 2.24) is 14.5 Å². The number of aliphatic hydroxyl groups excluding tert-OH is 1. The average molecular weight is 249 g/mol. The van der Waals surface area contributed by atoms with Gasteiger partial charge in [0, 0.05) is 24.7 Å². The Bertz CT molecular complexity index is 525. The van der Waals surface area contributed by atoms with Crippen LogP contribution in [0.4, 0.5) is 0 Å². The highest BCUT2D eigenvalue weighted by molar-refractivity contribution is 5.42. The normalized spacial score (nSPS) is 10.4. The fourth-order valence-corrected chi connectivity index (χ4v) is 1.76. The van der Waals surface area contributed by atoms with Crippen molar-refractivity contribution in [1.29, 1.82) is 0 Å². The second-order valence-corrected chi connectivity index (χ2v) is 3.62. The van der Waals surface area contributed by atoms with E-state index in [-0.39, 0.29) is 6.61 Å². The molecule has 6 nitrogen and oxygen atoms in total. The van der Waals surface area contributed by atoms with Crippen LogP contribution in [0.1, 0.15) is 11.5 Å². The minimum atomic E-state index is -0.112. The number of aromatic nitrogens is 3. The molecule has 0 saturated carbocycles. The molecule has 2 aromatic rings. The summed E-state index contributed by atoms with van der Waals surface area (Å²) in [5.74, 6) is 1.81. The zero-order valence-electron chi connectivity index (χ0n) is 10.3. The molecule has 0 radical (unpaired) electrons. The summed E-state index contributed by atoms with van der Waals surface area (Å²) in [6, 6.07) is 1.74. The van der Waals surface area contributed by atoms with Crippen molar-refractivity contribution in [3.63, 3.8) is 0 Å². The standard InChI is InChI=1S/C12H15N3O3/c1-17-10-3-4-13-9(12(10)18-2)7-15-6-5-14-11(15)8-16/h3-6,16H,7-8H2,1-2H3. The number of methoxy groups -OCH3 is 2. The van der Waals surface area contributed by atoms with Crippen LogP contribution < -0.4 is 9.47 Å². The van der Waals surface area contributed by atoms with Crippen LogP contribution in [0.3, 0.4) is 0 Å². The molecule has 0 fully saturated rings. The monoisotopic (exact) mass is 249 g/mol. The minimum Gasteiger partial charge on any atom is -0.493 e. The Hall–Kier alpha value is -2.08. The molecule has 0 bridgehead atoms. The smallest absolute Gasteiger partial charge is 0.184 e. The first-order valence-corrected chi connectivity index (χ1v) is 5.47. The zero-order chi connectivity index (χ0) is 13.0. The first-order chi connectivity index (χ1) is 8.80. The first-order valence-electron chi connectivity index (χ1n) is 5.47. The molecule has 1 N–H and O–H groups in total. The van der Waals surface area contributed by atoms with Crippen LogP contribution in [0.2, 0.25) is 0 Å². The topological polar surface area (TPSA) is 69.4 Å². The van der Waals surface area contributed by atoms with Gasteiger partial charge in [0.2, 0.25) is 0 Å². The maximum Gasteiger partial charge on any atom is 0.184 e. The van der Waals surface area contributed by atoms with Gasteiger partial charge < -0.3 is 19.1 Å². The van der Waals surface area contributed by atoms with E-state index in [2.05, 4.69) is 9.97 Å². The number of pyridine rings is 1. The molecule has 2 rings (SSSR count). The number of hydrogen-bond acceptors (Lipinski definition) is 5. The largest absolute Gasteiger partial charge is 0.493 e. The lowest BCUT2D eigenvalue weighted by molar-refractivity contribution is 0.265. The molecule has 18 heavy (non-hydrogen) atoms. The number of rotatable bonds is 5. The number of ether oxygens (including phenoxy) is 2. The molecule has 2 aromatic heterocycles. The van der Waals surface area contributed by atoms with Gasteiger partial charge in [0.05, 0.1) is 20.8 Å². The van der Waals surface area contributed by atoms with Gasteiger partial charge >= 0.3 is 0 Å². The number of nitrogens with zero attached hydrogens (tertiary/aromatic N) is 3. The van der Waals surface area contributed by atoms with E-state index in [0.717, 1.165) is 5.69 Å². The van der Waals surface area contributed by atoms with Crippen LogP contribution in [0, 0.1) is 0 Å². The number of hydrogen-bond donors (Lipinski definition) is 1. The predicted molar refractivity (Wildman–Crippen MR) is 64.6 cm³/mol. The molecule has 0 saturated heterocycles. The van der Waals surface area contributed by atoms with Crippen molar-refractivity contribution in [3.05, 3.63) is 36.2 Å². The Morgan fingerprint density at radius 1 is 1.22 bits per heavy atom. The Labute approximate surface area is 105 Å². The summed E-state index contributed by atoms with van der Waals surface area (Å²) in [7, 11) is 3.15. The van der Waals surface area contributed by atoms with Crippen LogP contribution >= 0.6 is 0 Å². The van der Waals surface area contributed by atoms with Crippen LogP contribution in [0.15, 0.2) is 24.7 Å². The molecule has 96 valence electrons. The van der Waals surface area contributed by atoms with Gasteiger partial charge in [-0.1, -0.05) is 0 Å². The lowest BCUT2D eigenvalue weighted by Crippen LogP contribution is -2.07. The predicted octanol–water partition coefficient (Wildman–Crippen LogP) is 0.836. The summed E-state index contributed by atoms with van der Waals surface area (Å²) >= 11 is 0. The third kappa shape index (κ3) is 2.28. The number of aliphatic hydroxyl groups is 1. The molecule has 0 unspecified atom stereocenters. The van der Waals surface area contributed by atoms with Crippen LogP contribution in [-0.4, -0.2) is 33.9 Å². The molecule has 0 spiro atoms. The Balaban J connectivity index is 2.34. The van der Waals surface area contributed by atoms with Gasteiger partial charge in [-0.05, 0) is 0 Å². The molecular formula is C12H15N3O3. The summed E-state index contributed by atoms with van der Waals surface area (Å²) in [5, 5.41) is 9.15. The molecule has 0 aliphatic rings. The van der Waals surface area contributed by atoms with Crippen molar-refractivity contribution in [3.8, 4) is 11.5 Å². The van der Waals surface area contributed by atoms with Crippen LogP contribution in [0.5, 0.6) is 11.5 Å². The lowest BCUT2D eigenvalue weighted by Gasteiger charge is -2.12. The minimum absolute atomic E-state index is 0.112. The second kappa shape index (κ2) is 5.50. The van der Waals surface area contributed by atoms with E-state index in [1.165, 1.54) is 0 Å². The van der Waals surface area contributed by atoms with Crippen molar-refractivity contribution < 1.29 is 14.6 Å². The summed E-state index contributed by atoms with van der Waals surface area (Å²) in [5.41, 5.74) is 0.726. The molecule has 0 atom stereocenters. The van der Waals surface area contributed by atoms with E-state index in [0.29, 0.717) is 23.9 Å². The molecule has 0 aliphatic heterocycles. The third-order valence-electron chi connectivity index (χ3n) is 2.63. The van der Waals surface area contributed by atoms with Crippen molar-refractivity contribution in [2.24, 2.45) is 0 Å². The second-order valence-electron chi connectivity index (χ2n) is 3.62. The maximum atomic E-state index is 9.15. The van der Waals surface area contributed by atoms with Gasteiger partial charge in [-0.2, -0.15) is 0 Å². The zero-order valence-corrected chi connectivity index (χ0v) is 10.3. The van der Waals surface area contributed by atoms with Gasteiger partial charge in [0.15, 0.2) is 11.5 Å². The molecular weight excluding hydrogens is 234 g/mol. The third-order valence-corrected chi connectivity index (χ3v) is 2.63. The molecule has 0 aliphatic carbocycles. The fourth-order valence-electron chi connectivity index (χ4n) is 1.76. The SMILES string of the molecule is COc1ccnc(Cn2ccnc2CO)c1OC. The van der Waals surface area contributed by atoms with Crippen LogP contribution in [-0.2, 0) is 13.2 Å². The van der Waals surface area contributed by atoms with Crippen molar-refractivity contribution >= 4 is 0 Å². The van der Waals surface area contributed by atoms with Gasteiger partial charge in [-0.3, -0.25) is 4.98 Å². The van der Waals surface area contributed by atoms with Crippen LogP contribution in [0.25, 0.3) is 0 Å². The fraction of sp³-hybridized carbons (Fsp3) is 0.333. The van der Waals surface area contributed by atoms with Crippen molar-refractivity contribution in [2.75, 3.05) is 14.2 Å². The maximum absolute atomic E-state index is 9.15. The average Bonchev–Trinajstić information content (AvgIpc) is 2.85. The summed E-state index contributed by atoms with van der Waals surface area (Å²) in [6.07, 6.45) is 5.08. The highest BCUT2D eigenvalue weighted by Gasteiger charge is 2.12. The van der Waals surface area contributed by atoms with Gasteiger partial charge in [-0.15, -0.1) is 0 Å². The van der Waals surface area contributed by atoms with E-state index >= 15 is 0 Å². The molecule has 0 aromatic carbocycles. The molecule has 2 heterocycles. The van der Waals surface area contributed by atoms with E-state index in [1.807, 2.05) is 4.57 Å². The summed E-state index contributed by atoms with van der Waals surface area (Å²) in [4.78, 5) is 8.32. The summed E-state index contributed by atoms with van der Waals surface area (Å²) < 4.78 is 12.3.